The van der Waals surface area contributed by atoms with Crippen LogP contribution >= 0.6 is 0 Å². The van der Waals surface area contributed by atoms with Crippen LogP contribution in [0.1, 0.15) is 57.7 Å². The zero-order chi connectivity index (χ0) is 40.4. The Morgan fingerprint density at radius 1 is 1.02 bits per heavy atom. The predicted octanol–water partition coefficient (Wildman–Crippen LogP) is 5.72. The van der Waals surface area contributed by atoms with Gasteiger partial charge in [0.2, 0.25) is 11.8 Å². The van der Waals surface area contributed by atoms with E-state index in [-0.39, 0.29) is 43.6 Å². The maximum Gasteiger partial charge on any atom is 0.407 e. The van der Waals surface area contributed by atoms with Gasteiger partial charge in [0.25, 0.3) is 0 Å². The highest BCUT2D eigenvalue weighted by atomic mass is 19.1. The second kappa shape index (κ2) is 16.4. The van der Waals surface area contributed by atoms with Gasteiger partial charge in [0.1, 0.15) is 35.8 Å². The molecule has 1 fully saturated rings. The fourth-order valence-corrected chi connectivity index (χ4v) is 7.55. The number of methoxy groups -OCH3 is 2. The molecule has 0 aliphatic carbocycles. The molecule has 1 saturated heterocycles. The van der Waals surface area contributed by atoms with Crippen molar-refractivity contribution in [3.8, 4) is 39.5 Å². The maximum absolute atomic E-state index is 16.1. The van der Waals surface area contributed by atoms with E-state index in [2.05, 4.69) is 35.3 Å². The number of hydrogen-bond donors (Lipinski definition) is 4. The van der Waals surface area contributed by atoms with E-state index in [0.29, 0.717) is 59.4 Å². The lowest BCUT2D eigenvalue weighted by Gasteiger charge is -2.28. The van der Waals surface area contributed by atoms with Gasteiger partial charge in [-0.2, -0.15) is 0 Å². The summed E-state index contributed by atoms with van der Waals surface area (Å²) in [4.78, 5) is 68.9. The molecule has 3 aromatic heterocycles. The fraction of sp³-hybridized carbons (Fsp3) is 0.400. The van der Waals surface area contributed by atoms with Gasteiger partial charge in [-0.15, -0.1) is 0 Å². The minimum absolute atomic E-state index is 0.154. The van der Waals surface area contributed by atoms with Crippen molar-refractivity contribution < 1.29 is 37.8 Å². The van der Waals surface area contributed by atoms with Crippen LogP contribution in [0.25, 0.3) is 44.7 Å². The molecular formula is C40H46FN9O7. The molecule has 2 aliphatic rings. The lowest BCUT2D eigenvalue weighted by atomic mass is 10.0. The lowest BCUT2D eigenvalue weighted by molar-refractivity contribution is -0.135. The van der Waals surface area contributed by atoms with Crippen LogP contribution in [0.5, 0.6) is 5.75 Å². The third-order valence-corrected chi connectivity index (χ3v) is 10.4. The molecule has 16 nitrogen and oxygen atoms in total. The molecule has 0 saturated carbocycles. The van der Waals surface area contributed by atoms with Crippen LogP contribution < -0.4 is 15.4 Å². The van der Waals surface area contributed by atoms with Crippen molar-refractivity contribution in [2.24, 2.45) is 5.92 Å². The third-order valence-electron chi connectivity index (χ3n) is 10.4. The summed E-state index contributed by atoms with van der Waals surface area (Å²) in [6.45, 7) is 6.94. The van der Waals surface area contributed by atoms with E-state index in [1.165, 1.54) is 20.3 Å². The molecular weight excluding hydrogens is 737 g/mol. The molecule has 2 aliphatic heterocycles. The summed E-state index contributed by atoms with van der Waals surface area (Å²) in [5.74, 6) is 0.487. The molecule has 5 aromatic rings. The van der Waals surface area contributed by atoms with Crippen molar-refractivity contribution in [2.75, 3.05) is 33.9 Å². The second-order valence-corrected chi connectivity index (χ2v) is 14.5. The Hall–Kier alpha value is -6.39. The van der Waals surface area contributed by atoms with E-state index in [1.54, 1.807) is 28.3 Å². The Labute approximate surface area is 328 Å². The van der Waals surface area contributed by atoms with Crippen molar-refractivity contribution in [1.29, 1.82) is 0 Å². The van der Waals surface area contributed by atoms with Gasteiger partial charge in [0, 0.05) is 29.6 Å². The van der Waals surface area contributed by atoms with Crippen LogP contribution in [0.15, 0.2) is 48.8 Å². The van der Waals surface area contributed by atoms with Gasteiger partial charge >= 0.3 is 12.2 Å². The summed E-state index contributed by atoms with van der Waals surface area (Å²) < 4.78 is 33.5. The average Bonchev–Trinajstić information content (AvgIpc) is 4.04. The highest BCUT2D eigenvalue weighted by Gasteiger charge is 2.33. The monoisotopic (exact) mass is 783 g/mol. The van der Waals surface area contributed by atoms with Crippen LogP contribution in [0.4, 0.5) is 14.0 Å². The SMILES string of the molecule is CCCN(Cc1ncc(-c2ccc3c(c2)cc2n3COc3cc(-c4cnc([C@@H]5CCCN5C(=O)CNC(=O)OC)[nH]4)cc(F)c3-2)[nH]1)C(=O)C(NC(=O)OC)C(C)C. The van der Waals surface area contributed by atoms with E-state index in [9.17, 15) is 19.2 Å². The van der Waals surface area contributed by atoms with Gasteiger partial charge in [-0.25, -0.2) is 23.9 Å². The lowest BCUT2D eigenvalue weighted by Crippen LogP contribution is -2.51. The molecule has 1 unspecified atom stereocenters. The Bertz CT molecular complexity index is 2310. The number of nitrogens with one attached hydrogen (secondary N) is 4. The number of fused-ring (bicyclic) bond motifs is 5. The molecule has 4 N–H and O–H groups in total. The zero-order valence-electron chi connectivity index (χ0n) is 32.5. The maximum atomic E-state index is 16.1. The highest BCUT2D eigenvalue weighted by Crippen LogP contribution is 2.43. The average molecular weight is 784 g/mol. The van der Waals surface area contributed by atoms with Crippen molar-refractivity contribution >= 4 is 34.9 Å². The number of halogens is 1. The topological polar surface area (TPSA) is 189 Å². The first-order valence-corrected chi connectivity index (χ1v) is 18.9. The number of nitrogens with zero attached hydrogens (tertiary/aromatic N) is 5. The Morgan fingerprint density at radius 2 is 1.79 bits per heavy atom. The second-order valence-electron chi connectivity index (χ2n) is 14.5. The molecule has 2 aromatic carbocycles. The van der Waals surface area contributed by atoms with Crippen LogP contribution in [0.3, 0.4) is 0 Å². The Kier molecular flexibility index (Phi) is 11.2. The van der Waals surface area contributed by atoms with Gasteiger partial charge in [0.05, 0.1) is 67.4 Å². The molecule has 5 heterocycles. The first-order valence-electron chi connectivity index (χ1n) is 18.9. The molecule has 300 valence electrons. The standard InChI is InChI=1S/C40H46FN9O7/c1-6-11-48(38(52)36(22(2)3)47-40(54)56-5)20-33-42-17-27(45-33)23-9-10-29-25(13-23)15-31-35-26(41)14-24(16-32(35)57-21-50(29)31)28-18-43-37(46-28)30-8-7-12-49(30)34(51)19-44-39(53)55-4/h9-10,13-18,22,30,36H,6-8,11-12,19-21H2,1-5H3,(H,42,45)(H,43,46)(H,44,53)(H,47,54)/t30-,36?/m0/s1. The number of H-pyrrole nitrogens is 2. The number of benzene rings is 2. The van der Waals surface area contributed by atoms with Gasteiger partial charge in [-0.3, -0.25) is 9.59 Å². The van der Waals surface area contributed by atoms with E-state index < -0.39 is 24.0 Å². The Balaban J connectivity index is 1.09. The van der Waals surface area contributed by atoms with Crippen LogP contribution in [-0.2, 0) is 32.3 Å². The summed E-state index contributed by atoms with van der Waals surface area (Å²) in [6, 6.07) is 10.0. The van der Waals surface area contributed by atoms with E-state index in [4.69, 9.17) is 9.47 Å². The summed E-state index contributed by atoms with van der Waals surface area (Å²) in [5, 5.41) is 5.97. The fourth-order valence-electron chi connectivity index (χ4n) is 7.55. The molecule has 0 spiro atoms. The molecule has 17 heteroatoms. The summed E-state index contributed by atoms with van der Waals surface area (Å²) in [7, 11) is 2.50. The first-order chi connectivity index (χ1) is 27.5. The zero-order valence-corrected chi connectivity index (χ0v) is 32.5. The summed E-state index contributed by atoms with van der Waals surface area (Å²) in [6.07, 6.45) is 4.20. The number of hydrogen-bond acceptors (Lipinski definition) is 9. The summed E-state index contributed by atoms with van der Waals surface area (Å²) >= 11 is 0. The highest BCUT2D eigenvalue weighted by molar-refractivity contribution is 5.92. The van der Waals surface area contributed by atoms with Gasteiger partial charge in [-0.1, -0.05) is 26.8 Å². The normalized spacial score (nSPS) is 15.1. The van der Waals surface area contributed by atoms with Gasteiger partial charge in [0.15, 0.2) is 6.73 Å². The summed E-state index contributed by atoms with van der Waals surface area (Å²) in [5.41, 5.74) is 4.64. The molecule has 0 bridgehead atoms. The number of rotatable bonds is 12. The number of amides is 4. The van der Waals surface area contributed by atoms with E-state index in [1.807, 2.05) is 49.6 Å². The smallest absolute Gasteiger partial charge is 0.407 e. The van der Waals surface area contributed by atoms with Gasteiger partial charge < -0.3 is 49.2 Å². The number of ether oxygens (including phenoxy) is 3. The minimum Gasteiger partial charge on any atom is -0.472 e. The largest absolute Gasteiger partial charge is 0.472 e. The number of likely N-dealkylation sites (tertiary alicyclic amines) is 1. The molecule has 7 rings (SSSR count). The number of alkyl carbamates (subject to hydrolysis) is 2. The van der Waals surface area contributed by atoms with E-state index >= 15 is 4.39 Å². The quantitative estimate of drug-likeness (QED) is 0.123. The van der Waals surface area contributed by atoms with Crippen molar-refractivity contribution in [3.05, 3.63) is 66.3 Å². The molecule has 0 radical (unpaired) electrons. The molecule has 57 heavy (non-hydrogen) atoms. The number of aromatic amines is 2. The number of imidazole rings is 2. The van der Waals surface area contributed by atoms with Crippen molar-refractivity contribution in [3.63, 3.8) is 0 Å². The van der Waals surface area contributed by atoms with Gasteiger partial charge in [-0.05, 0) is 55.5 Å². The number of carbonyl (C=O) groups excluding carboxylic acids is 4. The van der Waals surface area contributed by atoms with Crippen LogP contribution in [0, 0.1) is 11.7 Å². The van der Waals surface area contributed by atoms with E-state index in [0.717, 1.165) is 35.0 Å². The third kappa shape index (κ3) is 7.86. The van der Waals surface area contributed by atoms with Crippen molar-refractivity contribution in [1.82, 2.24) is 44.9 Å². The number of aromatic nitrogens is 5. The predicted molar refractivity (Wildman–Crippen MR) is 207 cm³/mol. The molecule has 4 amide bonds. The first kappa shape index (κ1) is 38.9. The van der Waals surface area contributed by atoms with Crippen molar-refractivity contribution in [2.45, 2.75) is 65.4 Å². The van der Waals surface area contributed by atoms with Crippen LogP contribution in [0.2, 0.25) is 0 Å². The Morgan fingerprint density at radius 3 is 2.54 bits per heavy atom. The molecule has 2 atom stereocenters. The minimum atomic E-state index is -0.748. The van der Waals surface area contributed by atoms with Crippen LogP contribution in [-0.4, -0.2) is 98.2 Å². The number of carbonyl (C=O) groups is 4.